The zero-order valence-electron chi connectivity index (χ0n) is 19.2. The molecule has 0 aromatic heterocycles. The summed E-state index contributed by atoms with van der Waals surface area (Å²) in [5.41, 5.74) is 1.89. The first-order chi connectivity index (χ1) is 15.2. The van der Waals surface area contributed by atoms with Gasteiger partial charge in [-0.15, -0.1) is 0 Å². The van der Waals surface area contributed by atoms with Gasteiger partial charge in [0.2, 0.25) is 6.41 Å². The second-order valence-electron chi connectivity index (χ2n) is 7.66. The molecule has 0 saturated carbocycles. The van der Waals surface area contributed by atoms with Crippen LogP contribution in [0.25, 0.3) is 0 Å². The van der Waals surface area contributed by atoms with Gasteiger partial charge in [0.05, 0.1) is 25.9 Å². The number of ether oxygens (including phenoxy) is 3. The van der Waals surface area contributed by atoms with E-state index in [-0.39, 0.29) is 6.61 Å². The van der Waals surface area contributed by atoms with E-state index in [4.69, 9.17) is 14.2 Å². The topological polar surface area (TPSA) is 88.5 Å². The maximum Gasteiger partial charge on any atom is 0.416 e. The van der Waals surface area contributed by atoms with Gasteiger partial charge in [0, 0.05) is 23.6 Å². The minimum Gasteiger partial charge on any atom is -0.493 e. The van der Waals surface area contributed by atoms with E-state index in [2.05, 4.69) is 20.4 Å². The summed E-state index contributed by atoms with van der Waals surface area (Å²) < 4.78 is 16.2. The lowest BCUT2D eigenvalue weighted by atomic mass is 10.1. The summed E-state index contributed by atoms with van der Waals surface area (Å²) in [6.45, 7) is 10.4. The van der Waals surface area contributed by atoms with Crippen LogP contribution in [0, 0.1) is 6.92 Å². The Morgan fingerprint density at radius 1 is 1.34 bits per heavy atom. The molecule has 0 bridgehead atoms. The van der Waals surface area contributed by atoms with E-state index in [1.165, 1.54) is 24.0 Å². The summed E-state index contributed by atoms with van der Waals surface area (Å²) in [5.74, 6) is 1.52. The number of rotatable bonds is 11. The number of aliphatic hydroxyl groups excluding tert-OH is 1. The molecule has 1 N–H and O–H groups in total. The van der Waals surface area contributed by atoms with Crippen molar-refractivity contribution in [2.45, 2.75) is 44.7 Å². The minimum atomic E-state index is -1.33. The number of aliphatic hydroxyl groups is 1. The highest BCUT2D eigenvalue weighted by Gasteiger charge is 2.39. The smallest absolute Gasteiger partial charge is 0.416 e. The molecule has 1 aromatic carbocycles. The molecule has 178 valence electrons. The largest absolute Gasteiger partial charge is 0.493 e. The maximum atomic E-state index is 13.1. The molecule has 0 aliphatic carbocycles. The van der Waals surface area contributed by atoms with Gasteiger partial charge in [-0.25, -0.2) is 9.69 Å². The number of likely N-dealkylation sites (tertiary alicyclic amines) is 1. The number of hydrogen-bond donors (Lipinski definition) is 1. The lowest BCUT2D eigenvalue weighted by molar-refractivity contribution is -0.120. The lowest BCUT2D eigenvalue weighted by Crippen LogP contribution is -2.52. The van der Waals surface area contributed by atoms with Gasteiger partial charge >= 0.3 is 6.09 Å². The monoisotopic (exact) mass is 484 g/mol. The first-order valence-corrected chi connectivity index (χ1v) is 12.6. The van der Waals surface area contributed by atoms with Gasteiger partial charge in [-0.1, -0.05) is 47.6 Å². The molecule has 2 atom stereocenters. The molecule has 32 heavy (non-hydrogen) atoms. The van der Waals surface area contributed by atoms with E-state index >= 15 is 0 Å². The number of aryl methyl sites for hydroxylation is 1. The molecule has 0 radical (unpaired) electrons. The normalized spacial score (nSPS) is 16.8. The Balaban J connectivity index is 2.33. The molecular weight excluding hydrogens is 452 g/mol. The minimum absolute atomic E-state index is 0.188. The number of amides is 2. The summed E-state index contributed by atoms with van der Waals surface area (Å²) in [5, 5.41) is 11.7. The van der Waals surface area contributed by atoms with Crippen molar-refractivity contribution in [3.63, 3.8) is 0 Å². The van der Waals surface area contributed by atoms with Crippen LogP contribution < -0.4 is 14.4 Å². The number of methoxy groups -OCH3 is 2. The average molecular weight is 485 g/mol. The van der Waals surface area contributed by atoms with E-state index in [1.807, 2.05) is 0 Å². The van der Waals surface area contributed by atoms with Crippen molar-refractivity contribution in [3.8, 4) is 11.5 Å². The molecule has 2 rings (SSSR count). The zero-order chi connectivity index (χ0) is 23.8. The maximum absolute atomic E-state index is 13.1. The number of hydrogen-bond acceptors (Lipinski definition) is 8. The van der Waals surface area contributed by atoms with Crippen molar-refractivity contribution in [3.05, 3.63) is 29.8 Å². The Morgan fingerprint density at radius 2 is 2.00 bits per heavy atom. The van der Waals surface area contributed by atoms with Gasteiger partial charge in [0.15, 0.2) is 17.7 Å². The van der Waals surface area contributed by atoms with Crippen LogP contribution in [-0.4, -0.2) is 73.2 Å². The molecule has 1 saturated heterocycles. The van der Waals surface area contributed by atoms with Crippen molar-refractivity contribution in [2.24, 2.45) is 0 Å². The second-order valence-corrected chi connectivity index (χ2v) is 10.7. The fraction of sp³-hybridized carbons (Fsp3) is 0.545. The molecule has 8 nitrogen and oxygen atoms in total. The van der Waals surface area contributed by atoms with Gasteiger partial charge in [-0.3, -0.25) is 4.79 Å². The van der Waals surface area contributed by atoms with Crippen LogP contribution in [0.5, 0.6) is 11.5 Å². The number of benzene rings is 1. The Morgan fingerprint density at radius 3 is 2.59 bits per heavy atom. The van der Waals surface area contributed by atoms with E-state index in [1.54, 1.807) is 40.6 Å². The van der Waals surface area contributed by atoms with Crippen LogP contribution in [0.3, 0.4) is 0 Å². The SMILES string of the molecule is C=C1CC(C(O)N(C(=O)OCCSSC(C)C)c2cc(OC)c(OC)cc2C)N(C=O)C1. The van der Waals surface area contributed by atoms with E-state index in [9.17, 15) is 14.7 Å². The van der Waals surface area contributed by atoms with Gasteiger partial charge < -0.3 is 24.2 Å². The van der Waals surface area contributed by atoms with Crippen LogP contribution >= 0.6 is 21.6 Å². The third kappa shape index (κ3) is 6.49. The Kier molecular flexibility index (Phi) is 10.0. The highest BCUT2D eigenvalue weighted by atomic mass is 33.1. The van der Waals surface area contributed by atoms with Gasteiger partial charge in [-0.05, 0) is 25.0 Å². The highest BCUT2D eigenvalue weighted by Crippen LogP contribution is 2.37. The number of carbonyl (C=O) groups excluding carboxylic acids is 2. The molecule has 1 heterocycles. The fourth-order valence-corrected chi connectivity index (χ4v) is 5.24. The van der Waals surface area contributed by atoms with Gasteiger partial charge in [0.25, 0.3) is 0 Å². The van der Waals surface area contributed by atoms with E-state index in [0.29, 0.717) is 53.1 Å². The van der Waals surface area contributed by atoms with Crippen LogP contribution in [-0.2, 0) is 9.53 Å². The van der Waals surface area contributed by atoms with Crippen LogP contribution in [0.2, 0.25) is 0 Å². The second kappa shape index (κ2) is 12.3. The van der Waals surface area contributed by atoms with Crippen molar-refractivity contribution in [1.29, 1.82) is 0 Å². The summed E-state index contributed by atoms with van der Waals surface area (Å²) in [6, 6.07) is 2.71. The average Bonchev–Trinajstić information content (AvgIpc) is 3.14. The van der Waals surface area contributed by atoms with Crippen molar-refractivity contribution in [1.82, 2.24) is 4.90 Å². The molecule has 1 aliphatic rings. The molecule has 2 amide bonds. The molecule has 2 unspecified atom stereocenters. The van der Waals surface area contributed by atoms with Gasteiger partial charge in [0.1, 0.15) is 6.61 Å². The molecular formula is C22H32N2O6S2. The zero-order valence-corrected chi connectivity index (χ0v) is 20.8. The Hall–Kier alpha value is -2.04. The van der Waals surface area contributed by atoms with E-state index in [0.717, 1.165) is 5.57 Å². The Labute approximate surface area is 197 Å². The Bertz CT molecular complexity index is 820. The first-order valence-electron chi connectivity index (χ1n) is 10.3. The third-order valence-electron chi connectivity index (χ3n) is 4.89. The van der Waals surface area contributed by atoms with Crippen molar-refractivity contribution < 1.29 is 28.9 Å². The standard InChI is InChI=1S/C22H32N2O6S2/c1-14(2)32-31-8-7-30-22(27)24(21(26)18-9-15(3)12-23(18)13-25)17-11-20(29-6)19(28-5)10-16(17)4/h10-11,13-14,18,21,26H,3,7-9,12H2,1-2,4-6H3. The van der Waals surface area contributed by atoms with Crippen LogP contribution in [0.15, 0.2) is 24.3 Å². The van der Waals surface area contributed by atoms with E-state index < -0.39 is 18.4 Å². The molecule has 1 fully saturated rings. The number of anilines is 1. The highest BCUT2D eigenvalue weighted by molar-refractivity contribution is 8.76. The van der Waals surface area contributed by atoms with Crippen molar-refractivity contribution >= 4 is 39.8 Å². The summed E-state index contributed by atoms with van der Waals surface area (Å²) in [6.07, 6.45) is -0.985. The summed E-state index contributed by atoms with van der Waals surface area (Å²) >= 11 is 0. The van der Waals surface area contributed by atoms with Crippen LogP contribution in [0.4, 0.5) is 10.5 Å². The molecule has 10 heteroatoms. The summed E-state index contributed by atoms with van der Waals surface area (Å²) in [7, 11) is 6.34. The van der Waals surface area contributed by atoms with Crippen molar-refractivity contribution in [2.75, 3.05) is 38.0 Å². The fourth-order valence-electron chi connectivity index (χ4n) is 3.41. The van der Waals surface area contributed by atoms with Crippen LogP contribution in [0.1, 0.15) is 25.8 Å². The first kappa shape index (κ1) is 26.2. The molecule has 0 spiro atoms. The predicted octanol–water partition coefficient (Wildman–Crippen LogP) is 3.85. The quantitative estimate of drug-likeness (QED) is 0.167. The third-order valence-corrected chi connectivity index (χ3v) is 7.80. The number of nitrogens with zero attached hydrogens (tertiary/aromatic N) is 2. The lowest BCUT2D eigenvalue weighted by Gasteiger charge is -2.34. The molecule has 1 aromatic rings. The molecule has 1 aliphatic heterocycles. The van der Waals surface area contributed by atoms with Gasteiger partial charge in [-0.2, -0.15) is 0 Å². The summed E-state index contributed by atoms with van der Waals surface area (Å²) in [4.78, 5) is 27.3. The number of carbonyl (C=O) groups is 2. The predicted molar refractivity (Wildman–Crippen MR) is 130 cm³/mol.